The van der Waals surface area contributed by atoms with E-state index in [1.54, 1.807) is 0 Å². The monoisotopic (exact) mass is 335 g/mol. The van der Waals surface area contributed by atoms with Crippen molar-refractivity contribution in [1.82, 2.24) is 4.90 Å². The van der Waals surface area contributed by atoms with Gasteiger partial charge in [-0.25, -0.2) is 0 Å². The Bertz CT molecular complexity index is 391. The van der Waals surface area contributed by atoms with Gasteiger partial charge in [-0.1, -0.05) is 39.1 Å². The Labute approximate surface area is 121 Å². The summed E-state index contributed by atoms with van der Waals surface area (Å²) in [7, 11) is 2.14. The van der Waals surface area contributed by atoms with E-state index < -0.39 is 0 Å². The molecular formula is C13H16BrCl2N. The lowest BCUT2D eigenvalue weighted by atomic mass is 9.85. The maximum atomic E-state index is 6.16. The molecule has 1 aliphatic rings. The SMILES string of the molecule is CN(Cc1cc(Cl)ccc1Cl)CC1CC(Br)C1. The van der Waals surface area contributed by atoms with Crippen LogP contribution in [0.15, 0.2) is 18.2 Å². The van der Waals surface area contributed by atoms with Gasteiger partial charge in [-0.3, -0.25) is 0 Å². The van der Waals surface area contributed by atoms with Gasteiger partial charge in [-0.15, -0.1) is 0 Å². The van der Waals surface area contributed by atoms with Crippen LogP contribution in [-0.2, 0) is 6.54 Å². The summed E-state index contributed by atoms with van der Waals surface area (Å²) in [6.45, 7) is 1.99. The first-order valence-corrected chi connectivity index (χ1v) is 7.48. The lowest BCUT2D eigenvalue weighted by Crippen LogP contribution is -2.34. The van der Waals surface area contributed by atoms with Gasteiger partial charge in [-0.2, -0.15) is 0 Å². The van der Waals surface area contributed by atoms with Crippen LogP contribution in [0.5, 0.6) is 0 Å². The van der Waals surface area contributed by atoms with E-state index in [9.17, 15) is 0 Å². The molecule has 2 rings (SSSR count). The predicted molar refractivity (Wildman–Crippen MR) is 78.2 cm³/mol. The van der Waals surface area contributed by atoms with Crippen LogP contribution < -0.4 is 0 Å². The van der Waals surface area contributed by atoms with Crippen molar-refractivity contribution in [3.05, 3.63) is 33.8 Å². The molecule has 0 spiro atoms. The van der Waals surface area contributed by atoms with Crippen LogP contribution in [0, 0.1) is 5.92 Å². The van der Waals surface area contributed by atoms with Crippen molar-refractivity contribution in [2.45, 2.75) is 24.2 Å². The van der Waals surface area contributed by atoms with E-state index >= 15 is 0 Å². The summed E-state index contributed by atoms with van der Waals surface area (Å²) in [5.74, 6) is 0.822. The summed E-state index contributed by atoms with van der Waals surface area (Å²) < 4.78 is 0. The largest absolute Gasteiger partial charge is 0.302 e. The average Bonchev–Trinajstić information content (AvgIpc) is 2.21. The molecule has 0 aromatic heterocycles. The number of alkyl halides is 1. The minimum Gasteiger partial charge on any atom is -0.302 e. The molecular weight excluding hydrogens is 321 g/mol. The van der Waals surface area contributed by atoms with Crippen LogP contribution in [0.2, 0.25) is 10.0 Å². The Morgan fingerprint density at radius 3 is 2.71 bits per heavy atom. The number of benzene rings is 1. The molecule has 1 saturated carbocycles. The number of rotatable bonds is 4. The van der Waals surface area contributed by atoms with E-state index in [1.165, 1.54) is 12.8 Å². The summed E-state index contributed by atoms with van der Waals surface area (Å²) in [5.41, 5.74) is 1.11. The molecule has 0 bridgehead atoms. The Morgan fingerprint density at radius 2 is 2.06 bits per heavy atom. The van der Waals surface area contributed by atoms with Gasteiger partial charge in [0.25, 0.3) is 0 Å². The minimum atomic E-state index is 0.732. The molecule has 1 fully saturated rings. The first kappa shape index (κ1) is 13.7. The molecule has 0 N–H and O–H groups in total. The highest BCUT2D eigenvalue weighted by Gasteiger charge is 2.27. The third-order valence-corrected chi connectivity index (χ3v) is 4.55. The molecule has 1 aliphatic carbocycles. The third kappa shape index (κ3) is 3.85. The van der Waals surface area contributed by atoms with Gasteiger partial charge in [0, 0.05) is 28.0 Å². The maximum absolute atomic E-state index is 6.16. The predicted octanol–water partition coefficient (Wildman–Crippen LogP) is 4.60. The second-order valence-corrected chi connectivity index (χ2v) is 7.01. The number of halogens is 3. The summed E-state index contributed by atoms with van der Waals surface area (Å²) >= 11 is 15.8. The lowest BCUT2D eigenvalue weighted by molar-refractivity contribution is 0.208. The third-order valence-electron chi connectivity index (χ3n) is 3.20. The van der Waals surface area contributed by atoms with Crippen LogP contribution in [0.3, 0.4) is 0 Å². The average molecular weight is 337 g/mol. The molecule has 1 aromatic rings. The molecule has 0 aliphatic heterocycles. The van der Waals surface area contributed by atoms with Gasteiger partial charge in [-0.05, 0) is 49.6 Å². The van der Waals surface area contributed by atoms with Crippen LogP contribution in [0.4, 0.5) is 0 Å². The van der Waals surface area contributed by atoms with E-state index in [1.807, 2.05) is 18.2 Å². The highest BCUT2D eigenvalue weighted by Crippen LogP contribution is 2.34. The Balaban J connectivity index is 1.89. The molecule has 1 nitrogen and oxygen atoms in total. The van der Waals surface area contributed by atoms with Crippen LogP contribution >= 0.6 is 39.1 Å². The van der Waals surface area contributed by atoms with Crippen molar-refractivity contribution in [1.29, 1.82) is 0 Å². The topological polar surface area (TPSA) is 3.24 Å². The van der Waals surface area contributed by atoms with Gasteiger partial charge in [0.15, 0.2) is 0 Å². The molecule has 17 heavy (non-hydrogen) atoms. The van der Waals surface area contributed by atoms with Gasteiger partial charge in [0.1, 0.15) is 0 Å². The summed E-state index contributed by atoms with van der Waals surface area (Å²) in [5, 5.41) is 1.55. The highest BCUT2D eigenvalue weighted by atomic mass is 79.9. The van der Waals surface area contributed by atoms with Gasteiger partial charge in [0.2, 0.25) is 0 Å². The molecule has 1 aromatic carbocycles. The van der Waals surface area contributed by atoms with Crippen LogP contribution in [0.25, 0.3) is 0 Å². The molecule has 0 radical (unpaired) electrons. The molecule has 0 amide bonds. The van der Waals surface area contributed by atoms with Crippen molar-refractivity contribution in [2.24, 2.45) is 5.92 Å². The van der Waals surface area contributed by atoms with Crippen molar-refractivity contribution in [3.63, 3.8) is 0 Å². The number of nitrogens with zero attached hydrogens (tertiary/aromatic N) is 1. The maximum Gasteiger partial charge on any atom is 0.0452 e. The quantitative estimate of drug-likeness (QED) is 0.726. The highest BCUT2D eigenvalue weighted by molar-refractivity contribution is 9.09. The molecule has 0 atom stereocenters. The normalized spacial score (nSPS) is 23.8. The second-order valence-electron chi connectivity index (χ2n) is 4.87. The zero-order valence-electron chi connectivity index (χ0n) is 9.80. The van der Waals surface area contributed by atoms with Crippen molar-refractivity contribution < 1.29 is 0 Å². The smallest absolute Gasteiger partial charge is 0.0452 e. The Kier molecular flexibility index (Phi) is 4.76. The summed E-state index contributed by atoms with van der Waals surface area (Å²) in [6, 6.07) is 5.65. The zero-order chi connectivity index (χ0) is 12.4. The lowest BCUT2D eigenvalue weighted by Gasteiger charge is -2.34. The van der Waals surface area contributed by atoms with Gasteiger partial charge < -0.3 is 4.90 Å². The molecule has 0 heterocycles. The van der Waals surface area contributed by atoms with Gasteiger partial charge in [0.05, 0.1) is 0 Å². The fourth-order valence-electron chi connectivity index (χ4n) is 2.26. The first-order chi connectivity index (χ1) is 8.04. The summed E-state index contributed by atoms with van der Waals surface area (Å²) in [6.07, 6.45) is 2.57. The Morgan fingerprint density at radius 1 is 1.35 bits per heavy atom. The Hall–Kier alpha value is 0.240. The van der Waals surface area contributed by atoms with Gasteiger partial charge >= 0.3 is 0 Å². The van der Waals surface area contributed by atoms with E-state index in [4.69, 9.17) is 23.2 Å². The minimum absolute atomic E-state index is 0.732. The molecule has 4 heteroatoms. The van der Waals surface area contributed by atoms with E-state index in [2.05, 4.69) is 27.9 Å². The standard InChI is InChI=1S/C13H16BrCl2N/c1-17(7-9-4-11(14)5-9)8-10-6-12(15)2-3-13(10)16/h2-3,6,9,11H,4-5,7-8H2,1H3. The van der Waals surface area contributed by atoms with E-state index in [-0.39, 0.29) is 0 Å². The number of hydrogen-bond acceptors (Lipinski definition) is 1. The molecule has 0 unspecified atom stereocenters. The molecule has 0 saturated heterocycles. The first-order valence-electron chi connectivity index (χ1n) is 5.81. The second kappa shape index (κ2) is 5.92. The number of hydrogen-bond donors (Lipinski definition) is 0. The summed E-state index contributed by atoms with van der Waals surface area (Å²) in [4.78, 5) is 3.05. The van der Waals surface area contributed by atoms with Crippen molar-refractivity contribution in [3.8, 4) is 0 Å². The van der Waals surface area contributed by atoms with E-state index in [0.29, 0.717) is 0 Å². The van der Waals surface area contributed by atoms with Crippen LogP contribution in [0.1, 0.15) is 18.4 Å². The van der Waals surface area contributed by atoms with Crippen molar-refractivity contribution in [2.75, 3.05) is 13.6 Å². The van der Waals surface area contributed by atoms with Crippen LogP contribution in [-0.4, -0.2) is 23.3 Å². The van der Waals surface area contributed by atoms with Crippen molar-refractivity contribution >= 4 is 39.1 Å². The fraction of sp³-hybridized carbons (Fsp3) is 0.538. The van der Waals surface area contributed by atoms with E-state index in [0.717, 1.165) is 39.4 Å². The zero-order valence-corrected chi connectivity index (χ0v) is 12.9. The fourth-order valence-corrected chi connectivity index (χ4v) is 3.69. The molecule has 94 valence electrons.